The van der Waals surface area contributed by atoms with E-state index < -0.39 is 6.23 Å². The molecule has 26 heavy (non-hydrogen) atoms. The van der Waals surface area contributed by atoms with Crippen LogP contribution in [0.1, 0.15) is 5.56 Å². The normalized spacial score (nSPS) is 16.5. The number of benzene rings is 2. The third kappa shape index (κ3) is 4.54. The predicted molar refractivity (Wildman–Crippen MR) is 101 cm³/mol. The zero-order valence-corrected chi connectivity index (χ0v) is 15.6. The summed E-state index contributed by atoms with van der Waals surface area (Å²) in [5, 5.41) is 1.20. The fraction of sp³-hybridized carbons (Fsp3) is 0.316. The number of anilines is 1. The van der Waals surface area contributed by atoms with Gasteiger partial charge in [-0.05, 0) is 24.3 Å². The largest absolute Gasteiger partial charge is 0.368 e. The van der Waals surface area contributed by atoms with Crippen molar-refractivity contribution in [3.05, 3.63) is 63.9 Å². The average molecular weight is 397 g/mol. The molecule has 7 heteroatoms. The van der Waals surface area contributed by atoms with Gasteiger partial charge in [0.2, 0.25) is 0 Å². The molecule has 4 nitrogen and oxygen atoms in total. The van der Waals surface area contributed by atoms with Crippen molar-refractivity contribution in [3.8, 4) is 0 Å². The molecule has 0 amide bonds. The van der Waals surface area contributed by atoms with E-state index in [1.165, 1.54) is 6.07 Å². The highest BCUT2D eigenvalue weighted by atomic mass is 35.5. The van der Waals surface area contributed by atoms with Crippen LogP contribution in [-0.4, -0.2) is 43.6 Å². The molecule has 1 heterocycles. The first-order valence-electron chi connectivity index (χ1n) is 8.33. The molecule has 0 radical (unpaired) electrons. The number of ether oxygens (including phenoxy) is 1. The molecular formula is C19H19Cl2FN2O2. The van der Waals surface area contributed by atoms with Crippen LogP contribution in [0.3, 0.4) is 0 Å². The van der Waals surface area contributed by atoms with Crippen molar-refractivity contribution >= 4 is 35.2 Å². The number of piperazine rings is 1. The summed E-state index contributed by atoms with van der Waals surface area (Å²) in [7, 11) is 0. The zero-order valence-electron chi connectivity index (χ0n) is 14.1. The van der Waals surface area contributed by atoms with Gasteiger partial charge in [-0.2, -0.15) is 0 Å². The predicted octanol–water partition coefficient (Wildman–Crippen LogP) is 4.00. The fourth-order valence-corrected chi connectivity index (χ4v) is 3.50. The Bertz CT molecular complexity index is 767. The first-order chi connectivity index (χ1) is 12.6. The lowest BCUT2D eigenvalue weighted by Crippen LogP contribution is -2.51. The topological polar surface area (TPSA) is 32.8 Å². The Labute approximate surface area is 162 Å². The van der Waals surface area contributed by atoms with E-state index in [4.69, 9.17) is 27.9 Å². The number of carbonyl (C=O) groups excluding carboxylic acids is 1. The van der Waals surface area contributed by atoms with Crippen molar-refractivity contribution in [1.29, 1.82) is 0 Å². The molecule has 1 aliphatic rings. The van der Waals surface area contributed by atoms with E-state index >= 15 is 0 Å². The van der Waals surface area contributed by atoms with Crippen LogP contribution in [0.2, 0.25) is 10.0 Å². The highest BCUT2D eigenvalue weighted by Gasteiger charge is 2.25. The van der Waals surface area contributed by atoms with E-state index in [2.05, 4.69) is 4.90 Å². The van der Waals surface area contributed by atoms with Gasteiger partial charge in [-0.3, -0.25) is 9.69 Å². The van der Waals surface area contributed by atoms with Crippen LogP contribution in [0.5, 0.6) is 0 Å². The van der Waals surface area contributed by atoms with E-state index in [1.807, 2.05) is 11.0 Å². The fourth-order valence-electron chi connectivity index (χ4n) is 2.98. The summed E-state index contributed by atoms with van der Waals surface area (Å²) >= 11 is 12.2. The Balaban J connectivity index is 1.57. The monoisotopic (exact) mass is 396 g/mol. The summed E-state index contributed by atoms with van der Waals surface area (Å²) in [5.74, 6) is -0.334. The highest BCUT2D eigenvalue weighted by Crippen LogP contribution is 2.29. The van der Waals surface area contributed by atoms with Gasteiger partial charge in [0.15, 0.2) is 12.5 Å². The van der Waals surface area contributed by atoms with E-state index in [9.17, 15) is 9.18 Å². The molecule has 2 aromatic carbocycles. The summed E-state index contributed by atoms with van der Waals surface area (Å²) in [6, 6.07) is 11.8. The van der Waals surface area contributed by atoms with Gasteiger partial charge in [0.1, 0.15) is 5.82 Å². The summed E-state index contributed by atoms with van der Waals surface area (Å²) in [4.78, 5) is 15.5. The summed E-state index contributed by atoms with van der Waals surface area (Å²) in [6.07, 6.45) is 0.0589. The standard InChI is InChI=1S/C19H19Cl2FN2O2/c20-15-5-6-18(16(21)11-15)23-7-9-24(10-8-23)19(12-25)26-13-14-3-1-2-4-17(14)22/h1-6,11-12,19H,7-10,13H2. The second-order valence-corrected chi connectivity index (χ2v) is 6.89. The molecule has 1 fully saturated rings. The average Bonchev–Trinajstić information content (AvgIpc) is 2.64. The SMILES string of the molecule is O=CC(OCc1ccccc1F)N1CCN(c2ccc(Cl)cc2Cl)CC1. The van der Waals surface area contributed by atoms with Crippen LogP contribution in [-0.2, 0) is 16.1 Å². The van der Waals surface area contributed by atoms with Gasteiger partial charge in [0, 0.05) is 36.8 Å². The smallest absolute Gasteiger partial charge is 0.167 e. The van der Waals surface area contributed by atoms with Crippen molar-refractivity contribution in [1.82, 2.24) is 4.90 Å². The Hall–Kier alpha value is -1.66. The molecular weight excluding hydrogens is 378 g/mol. The molecule has 0 N–H and O–H groups in total. The van der Waals surface area contributed by atoms with Gasteiger partial charge in [-0.15, -0.1) is 0 Å². The van der Waals surface area contributed by atoms with Crippen LogP contribution in [0.15, 0.2) is 42.5 Å². The van der Waals surface area contributed by atoms with E-state index in [0.29, 0.717) is 41.8 Å². The Morgan fingerprint density at radius 1 is 1.12 bits per heavy atom. The first-order valence-corrected chi connectivity index (χ1v) is 9.08. The lowest BCUT2D eigenvalue weighted by Gasteiger charge is -2.38. The van der Waals surface area contributed by atoms with Crippen molar-refractivity contribution in [2.45, 2.75) is 12.8 Å². The van der Waals surface area contributed by atoms with Crippen LogP contribution < -0.4 is 4.90 Å². The zero-order chi connectivity index (χ0) is 18.5. The maximum atomic E-state index is 13.7. The Morgan fingerprint density at radius 3 is 2.50 bits per heavy atom. The molecule has 138 valence electrons. The van der Waals surface area contributed by atoms with Gasteiger partial charge in [0.05, 0.1) is 17.3 Å². The summed E-state index contributed by atoms with van der Waals surface area (Å²) < 4.78 is 19.3. The van der Waals surface area contributed by atoms with Gasteiger partial charge in [-0.1, -0.05) is 41.4 Å². The minimum Gasteiger partial charge on any atom is -0.368 e. The molecule has 1 unspecified atom stereocenters. The van der Waals surface area contributed by atoms with Crippen molar-refractivity contribution < 1.29 is 13.9 Å². The minimum absolute atomic E-state index is 0.0549. The maximum absolute atomic E-state index is 13.7. The van der Waals surface area contributed by atoms with Crippen LogP contribution in [0.4, 0.5) is 10.1 Å². The number of carbonyl (C=O) groups is 1. The quantitative estimate of drug-likeness (QED) is 0.690. The van der Waals surface area contributed by atoms with Crippen molar-refractivity contribution in [2.24, 2.45) is 0 Å². The number of halogens is 3. The van der Waals surface area contributed by atoms with Crippen LogP contribution in [0.25, 0.3) is 0 Å². The van der Waals surface area contributed by atoms with Crippen LogP contribution in [0, 0.1) is 5.82 Å². The third-order valence-electron chi connectivity index (χ3n) is 4.41. The second kappa shape index (κ2) is 8.82. The summed E-state index contributed by atoms with van der Waals surface area (Å²) in [5.41, 5.74) is 1.36. The van der Waals surface area contributed by atoms with E-state index in [-0.39, 0.29) is 12.4 Å². The Morgan fingerprint density at radius 2 is 1.85 bits per heavy atom. The van der Waals surface area contributed by atoms with Crippen molar-refractivity contribution in [2.75, 3.05) is 31.1 Å². The summed E-state index contributed by atoms with van der Waals surface area (Å²) in [6.45, 7) is 2.74. The number of hydrogen-bond donors (Lipinski definition) is 0. The molecule has 3 rings (SSSR count). The molecule has 0 saturated carbocycles. The molecule has 0 spiro atoms. The second-order valence-electron chi connectivity index (χ2n) is 6.05. The molecule has 2 aromatic rings. The highest BCUT2D eigenvalue weighted by molar-refractivity contribution is 6.36. The number of nitrogens with zero attached hydrogens (tertiary/aromatic N) is 2. The number of hydrogen-bond acceptors (Lipinski definition) is 4. The molecule has 1 atom stereocenters. The van der Waals surface area contributed by atoms with Crippen LogP contribution >= 0.6 is 23.2 Å². The minimum atomic E-state index is -0.697. The lowest BCUT2D eigenvalue weighted by atomic mass is 10.2. The van der Waals surface area contributed by atoms with Gasteiger partial charge in [0.25, 0.3) is 0 Å². The van der Waals surface area contributed by atoms with E-state index in [1.54, 1.807) is 30.3 Å². The number of aldehydes is 1. The molecule has 1 saturated heterocycles. The molecule has 0 bridgehead atoms. The lowest BCUT2D eigenvalue weighted by molar-refractivity contribution is -0.133. The number of rotatable bonds is 6. The van der Waals surface area contributed by atoms with Gasteiger partial charge in [-0.25, -0.2) is 4.39 Å². The van der Waals surface area contributed by atoms with Gasteiger partial charge >= 0.3 is 0 Å². The molecule has 1 aliphatic heterocycles. The molecule has 0 aliphatic carbocycles. The van der Waals surface area contributed by atoms with E-state index in [0.717, 1.165) is 12.0 Å². The van der Waals surface area contributed by atoms with Gasteiger partial charge < -0.3 is 9.64 Å². The first kappa shape index (κ1) is 19.1. The third-order valence-corrected chi connectivity index (χ3v) is 4.95. The maximum Gasteiger partial charge on any atom is 0.167 e. The Kier molecular flexibility index (Phi) is 6.48. The van der Waals surface area contributed by atoms with Crippen molar-refractivity contribution in [3.63, 3.8) is 0 Å². The molecule has 0 aromatic heterocycles.